The summed E-state index contributed by atoms with van der Waals surface area (Å²) >= 11 is 0. The molecule has 1 spiro atoms. The van der Waals surface area contributed by atoms with Crippen LogP contribution in [0.3, 0.4) is 0 Å². The predicted molar refractivity (Wildman–Crippen MR) is 72.2 cm³/mol. The van der Waals surface area contributed by atoms with Gasteiger partial charge in [0.15, 0.2) is 0 Å². The average molecular weight is 265 g/mol. The van der Waals surface area contributed by atoms with Gasteiger partial charge in [-0.15, -0.1) is 0 Å². The summed E-state index contributed by atoms with van der Waals surface area (Å²) in [6, 6.07) is -0.0821. The SMILES string of the molecule is CC(C)C1CC2(CCO1)C(=N)NC(=O)N2CC1CC1. The zero-order chi connectivity index (χ0) is 13.6. The molecule has 5 nitrogen and oxygen atoms in total. The minimum atomic E-state index is -0.424. The molecular weight excluding hydrogens is 242 g/mol. The second-order valence-electron chi connectivity index (χ2n) is 6.50. The first kappa shape index (κ1) is 12.9. The van der Waals surface area contributed by atoms with Gasteiger partial charge in [0.2, 0.25) is 0 Å². The van der Waals surface area contributed by atoms with Crippen molar-refractivity contribution in [1.82, 2.24) is 10.2 Å². The van der Waals surface area contributed by atoms with Gasteiger partial charge in [-0.05, 0) is 24.7 Å². The van der Waals surface area contributed by atoms with E-state index in [1.165, 1.54) is 12.8 Å². The number of ether oxygens (including phenoxy) is 1. The van der Waals surface area contributed by atoms with Gasteiger partial charge >= 0.3 is 6.03 Å². The second kappa shape index (κ2) is 4.47. The van der Waals surface area contributed by atoms with E-state index in [1.807, 2.05) is 4.90 Å². The molecule has 0 aromatic rings. The molecule has 2 amide bonds. The van der Waals surface area contributed by atoms with Crippen LogP contribution in [0.2, 0.25) is 0 Å². The standard InChI is InChI=1S/C14H23N3O2/c1-9(2)11-7-14(5-6-19-11)12(15)16-13(18)17(14)8-10-3-4-10/h9-11H,3-8H2,1-2H3,(H2,15,16,18). The number of carbonyl (C=O) groups is 1. The van der Waals surface area contributed by atoms with Gasteiger partial charge in [-0.25, -0.2) is 4.79 Å². The maximum Gasteiger partial charge on any atom is 0.323 e. The maximum absolute atomic E-state index is 12.1. The number of hydrogen-bond acceptors (Lipinski definition) is 3. The fourth-order valence-corrected chi connectivity index (χ4v) is 3.21. The van der Waals surface area contributed by atoms with Crippen LogP contribution >= 0.6 is 0 Å². The molecule has 2 aliphatic heterocycles. The van der Waals surface area contributed by atoms with Gasteiger partial charge < -0.3 is 9.64 Å². The molecule has 3 fully saturated rings. The van der Waals surface area contributed by atoms with Crippen LogP contribution < -0.4 is 5.32 Å². The minimum Gasteiger partial charge on any atom is -0.378 e. The Balaban J connectivity index is 1.84. The Morgan fingerprint density at radius 3 is 2.89 bits per heavy atom. The van der Waals surface area contributed by atoms with Crippen LogP contribution in [0.25, 0.3) is 0 Å². The molecule has 106 valence electrons. The molecular formula is C14H23N3O2. The summed E-state index contributed by atoms with van der Waals surface area (Å²) in [6.07, 6.45) is 4.09. The molecule has 2 saturated heterocycles. The molecule has 3 aliphatic rings. The summed E-state index contributed by atoms with van der Waals surface area (Å²) in [6.45, 7) is 5.73. The summed E-state index contributed by atoms with van der Waals surface area (Å²) in [5.74, 6) is 1.45. The molecule has 5 heteroatoms. The monoisotopic (exact) mass is 265 g/mol. The first-order chi connectivity index (χ1) is 9.03. The van der Waals surface area contributed by atoms with Crippen LogP contribution in [-0.4, -0.2) is 41.6 Å². The van der Waals surface area contributed by atoms with Gasteiger partial charge in [0.05, 0.1) is 6.10 Å². The van der Waals surface area contributed by atoms with Crippen molar-refractivity contribution < 1.29 is 9.53 Å². The molecule has 2 unspecified atom stereocenters. The summed E-state index contributed by atoms with van der Waals surface area (Å²) < 4.78 is 5.82. The summed E-state index contributed by atoms with van der Waals surface area (Å²) in [5, 5.41) is 11.0. The van der Waals surface area contributed by atoms with Crippen molar-refractivity contribution in [2.45, 2.75) is 51.2 Å². The quantitative estimate of drug-likeness (QED) is 0.819. The predicted octanol–water partition coefficient (Wildman–Crippen LogP) is 1.97. The third-order valence-corrected chi connectivity index (χ3v) is 4.73. The van der Waals surface area contributed by atoms with Gasteiger partial charge in [-0.1, -0.05) is 13.8 Å². The van der Waals surface area contributed by atoms with Crippen LogP contribution in [0.5, 0.6) is 0 Å². The molecule has 1 saturated carbocycles. The van der Waals surface area contributed by atoms with Crippen LogP contribution in [0, 0.1) is 17.2 Å². The molecule has 2 heterocycles. The van der Waals surface area contributed by atoms with Crippen molar-refractivity contribution in [2.75, 3.05) is 13.2 Å². The van der Waals surface area contributed by atoms with Gasteiger partial charge in [-0.2, -0.15) is 0 Å². The third kappa shape index (κ3) is 2.14. The van der Waals surface area contributed by atoms with E-state index < -0.39 is 5.54 Å². The van der Waals surface area contributed by atoms with E-state index >= 15 is 0 Å². The molecule has 2 atom stereocenters. The molecule has 2 N–H and O–H groups in total. The largest absolute Gasteiger partial charge is 0.378 e. The highest BCUT2D eigenvalue weighted by molar-refractivity contribution is 6.08. The van der Waals surface area contributed by atoms with Crippen molar-refractivity contribution in [3.63, 3.8) is 0 Å². The highest BCUT2D eigenvalue weighted by Gasteiger charge is 2.54. The van der Waals surface area contributed by atoms with Crippen molar-refractivity contribution in [2.24, 2.45) is 11.8 Å². The van der Waals surface area contributed by atoms with Crippen molar-refractivity contribution in [1.29, 1.82) is 5.41 Å². The van der Waals surface area contributed by atoms with Crippen molar-refractivity contribution in [3.8, 4) is 0 Å². The number of amides is 2. The van der Waals surface area contributed by atoms with E-state index in [9.17, 15) is 4.79 Å². The van der Waals surface area contributed by atoms with Gasteiger partial charge in [-0.3, -0.25) is 10.7 Å². The smallest absolute Gasteiger partial charge is 0.323 e. The Bertz CT molecular complexity index is 405. The van der Waals surface area contributed by atoms with E-state index in [2.05, 4.69) is 19.2 Å². The normalized spacial score (nSPS) is 35.3. The number of urea groups is 1. The Hall–Kier alpha value is -1.10. The van der Waals surface area contributed by atoms with E-state index in [1.54, 1.807) is 0 Å². The van der Waals surface area contributed by atoms with E-state index in [0.29, 0.717) is 24.3 Å². The number of hydrogen-bond donors (Lipinski definition) is 2. The highest BCUT2D eigenvalue weighted by atomic mass is 16.5. The zero-order valence-corrected chi connectivity index (χ0v) is 11.7. The van der Waals surface area contributed by atoms with Crippen LogP contribution in [0.15, 0.2) is 0 Å². The second-order valence-corrected chi connectivity index (χ2v) is 6.50. The first-order valence-corrected chi connectivity index (χ1v) is 7.32. The number of nitrogens with zero attached hydrogens (tertiary/aromatic N) is 1. The number of rotatable bonds is 3. The fourth-order valence-electron chi connectivity index (χ4n) is 3.21. The van der Waals surface area contributed by atoms with Crippen LogP contribution in [0.4, 0.5) is 4.79 Å². The maximum atomic E-state index is 12.1. The van der Waals surface area contributed by atoms with E-state index in [4.69, 9.17) is 10.1 Å². The minimum absolute atomic E-state index is 0.0821. The summed E-state index contributed by atoms with van der Waals surface area (Å²) in [4.78, 5) is 14.1. The number of carbonyl (C=O) groups excluding carboxylic acids is 1. The third-order valence-electron chi connectivity index (χ3n) is 4.73. The van der Waals surface area contributed by atoms with Gasteiger partial charge in [0.25, 0.3) is 0 Å². The van der Waals surface area contributed by atoms with E-state index in [-0.39, 0.29) is 12.1 Å². The Morgan fingerprint density at radius 2 is 2.26 bits per heavy atom. The lowest BCUT2D eigenvalue weighted by Crippen LogP contribution is -2.56. The lowest BCUT2D eigenvalue weighted by atomic mass is 9.81. The Kier molecular flexibility index (Phi) is 3.04. The van der Waals surface area contributed by atoms with Crippen LogP contribution in [0.1, 0.15) is 39.5 Å². The zero-order valence-electron chi connectivity index (χ0n) is 11.7. The summed E-state index contributed by atoms with van der Waals surface area (Å²) in [5.41, 5.74) is -0.424. The number of amidine groups is 1. The molecule has 1 aliphatic carbocycles. The highest BCUT2D eigenvalue weighted by Crippen LogP contribution is 2.40. The Labute approximate surface area is 114 Å². The molecule has 19 heavy (non-hydrogen) atoms. The Morgan fingerprint density at radius 1 is 1.53 bits per heavy atom. The lowest BCUT2D eigenvalue weighted by Gasteiger charge is -2.43. The summed E-state index contributed by atoms with van der Waals surface area (Å²) in [7, 11) is 0. The molecule has 0 aromatic carbocycles. The van der Waals surface area contributed by atoms with Gasteiger partial charge in [0.1, 0.15) is 11.4 Å². The van der Waals surface area contributed by atoms with E-state index in [0.717, 1.165) is 19.4 Å². The first-order valence-electron chi connectivity index (χ1n) is 7.32. The van der Waals surface area contributed by atoms with Gasteiger partial charge in [0, 0.05) is 26.0 Å². The molecule has 0 aromatic heterocycles. The van der Waals surface area contributed by atoms with Crippen LogP contribution in [-0.2, 0) is 4.74 Å². The van der Waals surface area contributed by atoms with Crippen molar-refractivity contribution in [3.05, 3.63) is 0 Å². The molecule has 3 rings (SSSR count). The van der Waals surface area contributed by atoms with Crippen molar-refractivity contribution >= 4 is 11.9 Å². The molecule has 0 bridgehead atoms. The fraction of sp³-hybridized carbons (Fsp3) is 0.857. The lowest BCUT2D eigenvalue weighted by molar-refractivity contribution is -0.0543. The molecule has 0 radical (unpaired) electrons. The average Bonchev–Trinajstić information content (AvgIpc) is 3.16. The number of nitrogens with one attached hydrogen (secondary N) is 2. The topological polar surface area (TPSA) is 65.4 Å².